The molecule has 0 unspecified atom stereocenters. The number of nitrogen functional groups attached to an aromatic ring is 1. The van der Waals surface area contributed by atoms with Crippen LogP contribution in [-0.4, -0.2) is 19.0 Å². The number of benzene rings is 2. The van der Waals surface area contributed by atoms with Crippen molar-refractivity contribution in [3.05, 3.63) is 54.1 Å². The lowest BCUT2D eigenvalue weighted by Gasteiger charge is -2.24. The number of carbonyl (C=O) groups excluding carboxylic acids is 1. The highest BCUT2D eigenvalue weighted by atomic mass is 16.1. The minimum Gasteiger partial charge on any atom is -0.399 e. The Bertz CT molecular complexity index is 635. The van der Waals surface area contributed by atoms with Gasteiger partial charge in [0.15, 0.2) is 0 Å². The van der Waals surface area contributed by atoms with Gasteiger partial charge in [-0.25, -0.2) is 0 Å². The standard InChI is InChI=1S/C18H23N3O/c1-13(2)21(3)17-6-4-5-16(12-17)20-18(22)11-14-7-9-15(19)10-8-14/h4-10,12-13H,11,19H2,1-3H3,(H,20,22). The van der Waals surface area contributed by atoms with E-state index in [-0.39, 0.29) is 5.91 Å². The van der Waals surface area contributed by atoms with Crippen LogP contribution in [0.25, 0.3) is 0 Å². The first-order chi connectivity index (χ1) is 10.5. The number of hydrogen-bond acceptors (Lipinski definition) is 3. The molecule has 0 radical (unpaired) electrons. The van der Waals surface area contributed by atoms with Crippen molar-refractivity contribution >= 4 is 23.0 Å². The molecule has 2 aromatic carbocycles. The SMILES string of the molecule is CC(C)N(C)c1cccc(NC(=O)Cc2ccc(N)cc2)c1. The molecular formula is C18H23N3O. The number of nitrogens with zero attached hydrogens (tertiary/aromatic N) is 1. The molecule has 3 N–H and O–H groups in total. The van der Waals surface area contributed by atoms with E-state index in [0.29, 0.717) is 18.2 Å². The van der Waals surface area contributed by atoms with Crippen molar-refractivity contribution in [3.63, 3.8) is 0 Å². The Morgan fingerprint density at radius 3 is 2.50 bits per heavy atom. The van der Waals surface area contributed by atoms with Gasteiger partial charge < -0.3 is 16.0 Å². The molecule has 0 atom stereocenters. The summed E-state index contributed by atoms with van der Waals surface area (Å²) in [5, 5.41) is 2.94. The van der Waals surface area contributed by atoms with Gasteiger partial charge in [-0.3, -0.25) is 4.79 Å². The third-order valence-corrected chi connectivity index (χ3v) is 3.66. The second kappa shape index (κ2) is 6.98. The van der Waals surface area contributed by atoms with Gasteiger partial charge in [0.1, 0.15) is 0 Å². The monoisotopic (exact) mass is 297 g/mol. The normalized spacial score (nSPS) is 10.5. The Labute approximate surface area is 131 Å². The molecule has 1 amide bonds. The first kappa shape index (κ1) is 15.9. The van der Waals surface area contributed by atoms with Crippen molar-refractivity contribution in [1.82, 2.24) is 0 Å². The van der Waals surface area contributed by atoms with E-state index < -0.39 is 0 Å². The summed E-state index contributed by atoms with van der Waals surface area (Å²) in [4.78, 5) is 14.3. The third kappa shape index (κ3) is 4.25. The van der Waals surface area contributed by atoms with Crippen LogP contribution in [0.15, 0.2) is 48.5 Å². The van der Waals surface area contributed by atoms with Gasteiger partial charge in [0.2, 0.25) is 5.91 Å². The fourth-order valence-electron chi connectivity index (χ4n) is 2.13. The predicted molar refractivity (Wildman–Crippen MR) is 93.2 cm³/mol. The molecule has 0 saturated carbocycles. The van der Waals surface area contributed by atoms with Crippen molar-refractivity contribution in [2.45, 2.75) is 26.3 Å². The number of nitrogens with two attached hydrogens (primary N) is 1. The minimum absolute atomic E-state index is 0.0332. The molecular weight excluding hydrogens is 274 g/mol. The molecule has 0 aromatic heterocycles. The number of nitrogens with one attached hydrogen (secondary N) is 1. The van der Waals surface area contributed by atoms with Gasteiger partial charge in [0.25, 0.3) is 0 Å². The predicted octanol–water partition coefficient (Wildman–Crippen LogP) is 3.29. The molecule has 2 rings (SSSR count). The minimum atomic E-state index is -0.0332. The van der Waals surface area contributed by atoms with E-state index in [2.05, 4.69) is 24.1 Å². The zero-order valence-electron chi connectivity index (χ0n) is 13.3. The van der Waals surface area contributed by atoms with Crippen molar-refractivity contribution < 1.29 is 4.79 Å². The van der Waals surface area contributed by atoms with Gasteiger partial charge in [-0.1, -0.05) is 18.2 Å². The summed E-state index contributed by atoms with van der Waals surface area (Å²) in [7, 11) is 2.04. The van der Waals surface area contributed by atoms with Crippen LogP contribution in [0.5, 0.6) is 0 Å². The fourth-order valence-corrected chi connectivity index (χ4v) is 2.13. The van der Waals surface area contributed by atoms with E-state index in [1.165, 1.54) is 0 Å². The van der Waals surface area contributed by atoms with Crippen LogP contribution in [0.1, 0.15) is 19.4 Å². The Kier molecular flexibility index (Phi) is 5.04. The first-order valence-corrected chi connectivity index (χ1v) is 7.43. The summed E-state index contributed by atoms with van der Waals surface area (Å²) in [5.41, 5.74) is 9.19. The number of hydrogen-bond donors (Lipinski definition) is 2. The molecule has 4 heteroatoms. The van der Waals surface area contributed by atoms with Gasteiger partial charge in [-0.2, -0.15) is 0 Å². The fraction of sp³-hybridized carbons (Fsp3) is 0.278. The second-order valence-electron chi connectivity index (χ2n) is 5.72. The maximum absolute atomic E-state index is 12.1. The van der Waals surface area contributed by atoms with Crippen molar-refractivity contribution in [2.75, 3.05) is 23.0 Å². The Hall–Kier alpha value is -2.49. The largest absolute Gasteiger partial charge is 0.399 e. The van der Waals surface area contributed by atoms with E-state index >= 15 is 0 Å². The van der Waals surface area contributed by atoms with E-state index in [1.807, 2.05) is 43.4 Å². The summed E-state index contributed by atoms with van der Waals surface area (Å²) in [5.74, 6) is -0.0332. The molecule has 0 spiro atoms. The maximum atomic E-state index is 12.1. The van der Waals surface area contributed by atoms with Crippen LogP contribution in [0.3, 0.4) is 0 Å². The zero-order valence-corrected chi connectivity index (χ0v) is 13.3. The lowest BCUT2D eigenvalue weighted by atomic mass is 10.1. The van der Waals surface area contributed by atoms with Crippen molar-refractivity contribution in [3.8, 4) is 0 Å². The van der Waals surface area contributed by atoms with E-state index in [0.717, 1.165) is 16.9 Å². The molecule has 22 heavy (non-hydrogen) atoms. The Morgan fingerprint density at radius 2 is 1.86 bits per heavy atom. The summed E-state index contributed by atoms with van der Waals surface area (Å²) >= 11 is 0. The number of rotatable bonds is 5. The highest BCUT2D eigenvalue weighted by Crippen LogP contribution is 2.20. The summed E-state index contributed by atoms with van der Waals surface area (Å²) < 4.78 is 0. The van der Waals surface area contributed by atoms with Gasteiger partial charge in [0, 0.05) is 30.2 Å². The molecule has 0 bridgehead atoms. The topological polar surface area (TPSA) is 58.4 Å². The van der Waals surface area contributed by atoms with Crippen LogP contribution < -0.4 is 16.0 Å². The van der Waals surface area contributed by atoms with E-state index in [1.54, 1.807) is 12.1 Å². The summed E-state index contributed by atoms with van der Waals surface area (Å²) in [6, 6.07) is 15.6. The third-order valence-electron chi connectivity index (χ3n) is 3.66. The van der Waals surface area contributed by atoms with Crippen LogP contribution >= 0.6 is 0 Å². The van der Waals surface area contributed by atoms with Crippen LogP contribution in [0.2, 0.25) is 0 Å². The Balaban J connectivity index is 2.02. The molecule has 2 aromatic rings. The van der Waals surface area contributed by atoms with Gasteiger partial charge in [-0.15, -0.1) is 0 Å². The lowest BCUT2D eigenvalue weighted by molar-refractivity contribution is -0.115. The molecule has 116 valence electrons. The van der Waals surface area contributed by atoms with E-state index in [4.69, 9.17) is 5.73 Å². The number of carbonyl (C=O) groups is 1. The van der Waals surface area contributed by atoms with Crippen LogP contribution in [-0.2, 0) is 11.2 Å². The summed E-state index contributed by atoms with van der Waals surface area (Å²) in [6.45, 7) is 4.26. The molecule has 0 aliphatic heterocycles. The van der Waals surface area contributed by atoms with Crippen molar-refractivity contribution in [1.29, 1.82) is 0 Å². The molecule has 0 fully saturated rings. The second-order valence-corrected chi connectivity index (χ2v) is 5.72. The van der Waals surface area contributed by atoms with Gasteiger partial charge in [-0.05, 0) is 49.7 Å². The highest BCUT2D eigenvalue weighted by Gasteiger charge is 2.08. The zero-order chi connectivity index (χ0) is 16.1. The highest BCUT2D eigenvalue weighted by molar-refractivity contribution is 5.92. The molecule has 0 saturated heterocycles. The molecule has 0 aliphatic carbocycles. The molecule has 4 nitrogen and oxygen atoms in total. The first-order valence-electron chi connectivity index (χ1n) is 7.43. The Morgan fingerprint density at radius 1 is 1.18 bits per heavy atom. The van der Waals surface area contributed by atoms with Crippen LogP contribution in [0.4, 0.5) is 17.1 Å². The van der Waals surface area contributed by atoms with E-state index in [9.17, 15) is 4.79 Å². The van der Waals surface area contributed by atoms with Gasteiger partial charge >= 0.3 is 0 Å². The number of amides is 1. The summed E-state index contributed by atoms with van der Waals surface area (Å²) in [6.07, 6.45) is 0.338. The maximum Gasteiger partial charge on any atom is 0.228 e. The number of anilines is 3. The van der Waals surface area contributed by atoms with Crippen LogP contribution in [0, 0.1) is 0 Å². The smallest absolute Gasteiger partial charge is 0.228 e. The van der Waals surface area contributed by atoms with Gasteiger partial charge in [0.05, 0.1) is 6.42 Å². The average Bonchev–Trinajstić information content (AvgIpc) is 2.49. The van der Waals surface area contributed by atoms with Crippen molar-refractivity contribution in [2.24, 2.45) is 0 Å². The quantitative estimate of drug-likeness (QED) is 0.833. The average molecular weight is 297 g/mol. The molecule has 0 heterocycles. The lowest BCUT2D eigenvalue weighted by Crippen LogP contribution is -2.25. The molecule has 0 aliphatic rings.